The van der Waals surface area contributed by atoms with Crippen molar-refractivity contribution in [1.82, 2.24) is 4.57 Å². The van der Waals surface area contributed by atoms with Gasteiger partial charge in [-0.05, 0) is 36.5 Å². The number of benzene rings is 2. The van der Waals surface area contributed by atoms with Gasteiger partial charge >= 0.3 is 0 Å². The fraction of sp³-hybridized carbons (Fsp3) is 0.318. The largest absolute Gasteiger partial charge is 0.331 e. The monoisotopic (exact) mass is 330 g/mol. The zero-order valence-electron chi connectivity index (χ0n) is 14.3. The minimum absolute atomic E-state index is 0.0575. The Morgan fingerprint density at radius 3 is 2.56 bits per heavy atom. The third-order valence-electron chi connectivity index (χ3n) is 5.78. The van der Waals surface area contributed by atoms with Crippen LogP contribution in [-0.2, 0) is 11.3 Å². The Morgan fingerprint density at radius 2 is 1.68 bits per heavy atom. The highest BCUT2D eigenvalue weighted by molar-refractivity contribution is 6.03. The molecule has 0 spiro atoms. The number of nitrogens with one attached hydrogen (secondary N) is 1. The molecule has 1 aromatic heterocycles. The lowest BCUT2D eigenvalue weighted by atomic mass is 9.81. The van der Waals surface area contributed by atoms with Crippen LogP contribution in [0, 0.1) is 0 Å². The summed E-state index contributed by atoms with van der Waals surface area (Å²) in [6.45, 7) is 0.386. The molecule has 2 aromatic carbocycles. The molecule has 3 aromatic rings. The molecule has 25 heavy (non-hydrogen) atoms. The Hall–Kier alpha value is -2.55. The van der Waals surface area contributed by atoms with Gasteiger partial charge < -0.3 is 9.88 Å². The number of aromatic nitrogens is 1. The zero-order valence-corrected chi connectivity index (χ0v) is 14.3. The third kappa shape index (κ3) is 2.30. The van der Waals surface area contributed by atoms with E-state index in [4.69, 9.17) is 0 Å². The summed E-state index contributed by atoms with van der Waals surface area (Å²) in [5.41, 5.74) is 5.99. The quantitative estimate of drug-likeness (QED) is 0.645. The van der Waals surface area contributed by atoms with Crippen molar-refractivity contribution in [2.45, 2.75) is 44.6 Å². The van der Waals surface area contributed by atoms with Crippen LogP contribution in [0.2, 0.25) is 0 Å². The van der Waals surface area contributed by atoms with Crippen molar-refractivity contribution in [3.63, 3.8) is 0 Å². The first-order valence-electron chi connectivity index (χ1n) is 9.33. The number of anilines is 1. The minimum Gasteiger partial charge on any atom is -0.331 e. The zero-order chi connectivity index (χ0) is 16.8. The second kappa shape index (κ2) is 5.76. The second-order valence-electron chi connectivity index (χ2n) is 7.29. The van der Waals surface area contributed by atoms with E-state index >= 15 is 0 Å². The Balaban J connectivity index is 1.86. The van der Waals surface area contributed by atoms with E-state index in [-0.39, 0.29) is 5.91 Å². The topological polar surface area (TPSA) is 34.0 Å². The number of hydrogen-bond acceptors (Lipinski definition) is 1. The van der Waals surface area contributed by atoms with Crippen molar-refractivity contribution < 1.29 is 4.79 Å². The molecule has 0 unspecified atom stereocenters. The second-order valence-corrected chi connectivity index (χ2v) is 7.29. The Kier molecular flexibility index (Phi) is 3.40. The highest BCUT2D eigenvalue weighted by Gasteiger charge is 2.29. The smallest absolute Gasteiger partial charge is 0.244 e. The molecule has 5 rings (SSSR count). The van der Waals surface area contributed by atoms with Gasteiger partial charge in [-0.15, -0.1) is 0 Å². The lowest BCUT2D eigenvalue weighted by molar-refractivity contribution is -0.116. The van der Waals surface area contributed by atoms with E-state index in [0.29, 0.717) is 12.5 Å². The molecular formula is C22H22N2O. The van der Waals surface area contributed by atoms with Gasteiger partial charge in [0.15, 0.2) is 0 Å². The molecule has 1 fully saturated rings. The van der Waals surface area contributed by atoms with E-state index in [9.17, 15) is 4.79 Å². The SMILES string of the molecule is O=C1Cn2c(c(C3CCCCC3)c3ccccc32)-c2ccccc2N1. The summed E-state index contributed by atoms with van der Waals surface area (Å²) in [5, 5.41) is 4.42. The van der Waals surface area contributed by atoms with Crippen LogP contribution in [0.15, 0.2) is 48.5 Å². The van der Waals surface area contributed by atoms with Gasteiger partial charge in [-0.2, -0.15) is 0 Å². The van der Waals surface area contributed by atoms with Crippen molar-refractivity contribution in [2.24, 2.45) is 0 Å². The number of carbonyl (C=O) groups excluding carboxylic acids is 1. The van der Waals surface area contributed by atoms with Crippen LogP contribution in [0.25, 0.3) is 22.2 Å². The van der Waals surface area contributed by atoms with E-state index in [1.54, 1.807) is 0 Å². The summed E-state index contributed by atoms with van der Waals surface area (Å²) in [4.78, 5) is 12.5. The molecular weight excluding hydrogens is 308 g/mol. The highest BCUT2D eigenvalue weighted by atomic mass is 16.2. The lowest BCUT2D eigenvalue weighted by Gasteiger charge is -2.23. The maximum Gasteiger partial charge on any atom is 0.244 e. The number of carbonyl (C=O) groups is 1. The summed E-state index contributed by atoms with van der Waals surface area (Å²) in [6.07, 6.45) is 6.47. The molecule has 1 N–H and O–H groups in total. The van der Waals surface area contributed by atoms with Gasteiger partial charge in [0, 0.05) is 16.5 Å². The molecule has 2 heterocycles. The van der Waals surface area contributed by atoms with Crippen LogP contribution in [-0.4, -0.2) is 10.5 Å². The molecule has 1 amide bonds. The van der Waals surface area contributed by atoms with Gasteiger partial charge in [0.05, 0.1) is 11.4 Å². The standard InChI is InChI=1S/C22H22N2O/c25-20-14-24-19-13-7-5-11-17(19)21(15-8-2-1-3-9-15)22(24)16-10-4-6-12-18(16)23-20/h4-7,10-13,15H,1-3,8-9,14H2,(H,23,25). The number of fused-ring (bicyclic) bond motifs is 5. The molecule has 1 saturated carbocycles. The fourth-order valence-electron chi connectivity index (χ4n) is 4.72. The minimum atomic E-state index is 0.0575. The molecule has 1 aliphatic heterocycles. The van der Waals surface area contributed by atoms with Gasteiger partial charge in [0.2, 0.25) is 5.91 Å². The number of hydrogen-bond donors (Lipinski definition) is 1. The van der Waals surface area contributed by atoms with E-state index in [0.717, 1.165) is 11.3 Å². The Morgan fingerprint density at radius 1 is 0.920 bits per heavy atom. The lowest BCUT2D eigenvalue weighted by Crippen LogP contribution is -2.16. The molecule has 3 heteroatoms. The summed E-state index contributed by atoms with van der Waals surface area (Å²) in [6, 6.07) is 16.8. The van der Waals surface area contributed by atoms with Crippen LogP contribution in [0.3, 0.4) is 0 Å². The van der Waals surface area contributed by atoms with Crippen LogP contribution < -0.4 is 5.32 Å². The van der Waals surface area contributed by atoms with Crippen molar-refractivity contribution in [3.8, 4) is 11.3 Å². The first-order chi connectivity index (χ1) is 12.3. The van der Waals surface area contributed by atoms with Crippen molar-refractivity contribution >= 4 is 22.5 Å². The maximum absolute atomic E-state index is 12.5. The average Bonchev–Trinajstić information content (AvgIpc) is 2.88. The van der Waals surface area contributed by atoms with Gasteiger partial charge in [-0.1, -0.05) is 55.7 Å². The molecule has 3 nitrogen and oxygen atoms in total. The first kappa shape index (κ1) is 14.8. The molecule has 0 saturated heterocycles. The van der Waals surface area contributed by atoms with E-state index in [2.05, 4.69) is 46.3 Å². The number of amides is 1. The summed E-state index contributed by atoms with van der Waals surface area (Å²) < 4.78 is 2.24. The van der Waals surface area contributed by atoms with E-state index in [1.807, 2.05) is 12.1 Å². The van der Waals surface area contributed by atoms with Crippen molar-refractivity contribution in [2.75, 3.05) is 5.32 Å². The number of nitrogens with zero attached hydrogens (tertiary/aromatic N) is 1. The van der Waals surface area contributed by atoms with Gasteiger partial charge in [-0.3, -0.25) is 4.79 Å². The maximum atomic E-state index is 12.5. The summed E-state index contributed by atoms with van der Waals surface area (Å²) in [5.74, 6) is 0.651. The third-order valence-corrected chi connectivity index (χ3v) is 5.78. The normalized spacial score (nSPS) is 17.7. The van der Waals surface area contributed by atoms with Gasteiger partial charge in [-0.25, -0.2) is 0 Å². The van der Waals surface area contributed by atoms with Gasteiger partial charge in [0.25, 0.3) is 0 Å². The van der Waals surface area contributed by atoms with Crippen LogP contribution in [0.1, 0.15) is 43.6 Å². The predicted molar refractivity (Wildman–Crippen MR) is 102 cm³/mol. The first-order valence-corrected chi connectivity index (χ1v) is 9.33. The molecule has 2 aliphatic rings. The Labute approximate surface area is 147 Å². The number of para-hydroxylation sites is 2. The summed E-state index contributed by atoms with van der Waals surface area (Å²) >= 11 is 0. The molecule has 0 atom stereocenters. The highest BCUT2D eigenvalue weighted by Crippen LogP contribution is 2.46. The van der Waals surface area contributed by atoms with E-state index in [1.165, 1.54) is 54.3 Å². The van der Waals surface area contributed by atoms with Gasteiger partial charge in [0.1, 0.15) is 6.54 Å². The fourth-order valence-corrected chi connectivity index (χ4v) is 4.72. The Bertz CT molecular complexity index is 963. The average molecular weight is 330 g/mol. The van der Waals surface area contributed by atoms with Crippen molar-refractivity contribution in [3.05, 3.63) is 54.1 Å². The molecule has 1 aliphatic carbocycles. The van der Waals surface area contributed by atoms with Crippen LogP contribution in [0.4, 0.5) is 5.69 Å². The molecule has 0 bridgehead atoms. The molecule has 0 radical (unpaired) electrons. The molecule has 126 valence electrons. The number of rotatable bonds is 1. The van der Waals surface area contributed by atoms with Crippen LogP contribution >= 0.6 is 0 Å². The predicted octanol–water partition coefficient (Wildman–Crippen LogP) is 5.31. The van der Waals surface area contributed by atoms with Crippen LogP contribution in [0.5, 0.6) is 0 Å². The van der Waals surface area contributed by atoms with E-state index < -0.39 is 0 Å². The van der Waals surface area contributed by atoms with Crippen molar-refractivity contribution in [1.29, 1.82) is 0 Å². The summed E-state index contributed by atoms with van der Waals surface area (Å²) in [7, 11) is 0.